The Bertz CT molecular complexity index is 1180. The summed E-state index contributed by atoms with van der Waals surface area (Å²) in [5.74, 6) is 1.74. The number of hydrogen-bond acceptors (Lipinski definition) is 6. The number of amides is 1. The second-order valence-corrected chi connectivity index (χ2v) is 10.1. The summed E-state index contributed by atoms with van der Waals surface area (Å²) in [4.78, 5) is 16.5. The maximum absolute atomic E-state index is 13.1. The first-order chi connectivity index (χ1) is 17.5. The Hall–Kier alpha value is -2.87. The van der Waals surface area contributed by atoms with Crippen LogP contribution in [0.2, 0.25) is 0 Å². The molecule has 2 heterocycles. The Morgan fingerprint density at radius 1 is 1.08 bits per heavy atom. The first-order valence-electron chi connectivity index (χ1n) is 12.5. The zero-order chi connectivity index (χ0) is 25.7. The number of carbonyl (C=O) groups excluding carboxylic acids is 1. The molecule has 0 unspecified atom stereocenters. The minimum atomic E-state index is -0.0658. The third-order valence-electron chi connectivity index (χ3n) is 6.54. The normalized spacial score (nSPS) is 14.2. The van der Waals surface area contributed by atoms with Crippen LogP contribution in [-0.2, 0) is 11.3 Å². The monoisotopic (exact) mass is 508 g/mol. The average Bonchev–Trinajstić information content (AvgIpc) is 3.34. The highest BCUT2D eigenvalue weighted by molar-refractivity contribution is 7.14. The Morgan fingerprint density at radius 3 is 2.39 bits per heavy atom. The van der Waals surface area contributed by atoms with Crippen LogP contribution in [0, 0.1) is 0 Å². The van der Waals surface area contributed by atoms with Crippen LogP contribution in [0.25, 0.3) is 21.6 Å². The number of methoxy groups -OCH3 is 2. The van der Waals surface area contributed by atoms with Gasteiger partial charge in [-0.3, -0.25) is 9.69 Å². The molecule has 36 heavy (non-hydrogen) atoms. The third-order valence-corrected chi connectivity index (χ3v) is 7.56. The van der Waals surface area contributed by atoms with Crippen molar-refractivity contribution in [2.75, 3.05) is 47.1 Å². The Morgan fingerprint density at radius 2 is 1.78 bits per heavy atom. The van der Waals surface area contributed by atoms with Crippen LogP contribution >= 0.6 is 11.3 Å². The van der Waals surface area contributed by atoms with E-state index in [-0.39, 0.29) is 11.8 Å². The van der Waals surface area contributed by atoms with Gasteiger partial charge in [0, 0.05) is 53.6 Å². The van der Waals surface area contributed by atoms with Crippen LogP contribution in [0.5, 0.6) is 11.5 Å². The van der Waals surface area contributed by atoms with E-state index < -0.39 is 0 Å². The van der Waals surface area contributed by atoms with Gasteiger partial charge in [0.2, 0.25) is 0 Å². The number of ether oxygens (including phenoxy) is 3. The summed E-state index contributed by atoms with van der Waals surface area (Å²) < 4.78 is 16.9. The standard InChI is InChI=1S/C29H36N2O4S/c1-6-30-29(32)24-18-36-28(23-15-22(19(2)3)25(33-4)16-26(23)34-5)27(24)21-9-7-20(8-10-21)17-31-11-13-35-14-12-31/h7-10,15-16,18-19H,6,11-14,17H2,1-5H3,(H,30,32). The van der Waals surface area contributed by atoms with E-state index in [0.717, 1.165) is 71.5 Å². The maximum Gasteiger partial charge on any atom is 0.252 e. The molecule has 2 aromatic carbocycles. The number of rotatable bonds is 9. The Kier molecular flexibility index (Phi) is 8.67. The van der Waals surface area contributed by atoms with E-state index in [9.17, 15) is 4.79 Å². The van der Waals surface area contributed by atoms with Crippen molar-refractivity contribution in [2.24, 2.45) is 0 Å². The molecule has 4 rings (SSSR count). The minimum Gasteiger partial charge on any atom is -0.496 e. The highest BCUT2D eigenvalue weighted by Gasteiger charge is 2.24. The van der Waals surface area contributed by atoms with Gasteiger partial charge in [0.05, 0.1) is 33.0 Å². The molecule has 3 aromatic rings. The van der Waals surface area contributed by atoms with Crippen molar-refractivity contribution in [3.8, 4) is 33.1 Å². The Labute approximate surface area is 218 Å². The van der Waals surface area contributed by atoms with Gasteiger partial charge < -0.3 is 19.5 Å². The van der Waals surface area contributed by atoms with E-state index in [2.05, 4.69) is 54.4 Å². The molecule has 1 fully saturated rings. The van der Waals surface area contributed by atoms with Crippen molar-refractivity contribution < 1.29 is 19.0 Å². The number of morpholine rings is 1. The molecule has 1 N–H and O–H groups in total. The highest BCUT2D eigenvalue weighted by Crippen LogP contribution is 2.46. The molecular weight excluding hydrogens is 472 g/mol. The summed E-state index contributed by atoms with van der Waals surface area (Å²) in [6, 6.07) is 12.7. The van der Waals surface area contributed by atoms with E-state index in [1.165, 1.54) is 5.56 Å². The van der Waals surface area contributed by atoms with Gasteiger partial charge in [-0.15, -0.1) is 11.3 Å². The van der Waals surface area contributed by atoms with E-state index in [1.807, 2.05) is 18.4 Å². The summed E-state index contributed by atoms with van der Waals surface area (Å²) >= 11 is 1.57. The molecule has 0 saturated carbocycles. The number of nitrogens with one attached hydrogen (secondary N) is 1. The first-order valence-corrected chi connectivity index (χ1v) is 13.4. The fourth-order valence-corrected chi connectivity index (χ4v) is 5.70. The number of nitrogens with zero attached hydrogens (tertiary/aromatic N) is 1. The SMILES string of the molecule is CCNC(=O)c1csc(-c2cc(C(C)C)c(OC)cc2OC)c1-c1ccc(CN2CCOCC2)cc1. The molecule has 1 saturated heterocycles. The summed E-state index contributed by atoms with van der Waals surface area (Å²) in [5.41, 5.74) is 5.95. The summed E-state index contributed by atoms with van der Waals surface area (Å²) in [6.07, 6.45) is 0. The number of carbonyl (C=O) groups is 1. The topological polar surface area (TPSA) is 60.0 Å². The molecule has 0 atom stereocenters. The molecule has 0 radical (unpaired) electrons. The van der Waals surface area contributed by atoms with Crippen LogP contribution in [0.1, 0.15) is 48.2 Å². The molecular formula is C29H36N2O4S. The van der Waals surface area contributed by atoms with Crippen LogP contribution in [0.3, 0.4) is 0 Å². The van der Waals surface area contributed by atoms with Gasteiger partial charge in [0.15, 0.2) is 0 Å². The smallest absolute Gasteiger partial charge is 0.252 e. The van der Waals surface area contributed by atoms with Crippen molar-refractivity contribution in [1.82, 2.24) is 10.2 Å². The average molecular weight is 509 g/mol. The number of hydrogen-bond donors (Lipinski definition) is 1. The van der Waals surface area contributed by atoms with Crippen LogP contribution in [0.4, 0.5) is 0 Å². The largest absolute Gasteiger partial charge is 0.496 e. The summed E-state index contributed by atoms with van der Waals surface area (Å²) in [6.45, 7) is 11.2. The van der Waals surface area contributed by atoms with Gasteiger partial charge in [0.25, 0.3) is 5.91 Å². The number of benzene rings is 2. The van der Waals surface area contributed by atoms with E-state index in [0.29, 0.717) is 12.1 Å². The van der Waals surface area contributed by atoms with Gasteiger partial charge in [-0.05, 0) is 35.6 Å². The highest BCUT2D eigenvalue weighted by atomic mass is 32.1. The van der Waals surface area contributed by atoms with Gasteiger partial charge >= 0.3 is 0 Å². The number of thiophene rings is 1. The molecule has 0 bridgehead atoms. The molecule has 1 aliphatic heterocycles. The second-order valence-electron chi connectivity index (χ2n) is 9.25. The summed E-state index contributed by atoms with van der Waals surface area (Å²) in [7, 11) is 3.36. The van der Waals surface area contributed by atoms with E-state index >= 15 is 0 Å². The Balaban J connectivity index is 1.80. The van der Waals surface area contributed by atoms with Crippen molar-refractivity contribution in [3.63, 3.8) is 0 Å². The third kappa shape index (κ3) is 5.59. The second kappa shape index (κ2) is 11.9. The zero-order valence-corrected chi connectivity index (χ0v) is 22.7. The molecule has 0 aliphatic carbocycles. The predicted octanol–water partition coefficient (Wildman–Crippen LogP) is 5.80. The van der Waals surface area contributed by atoms with Gasteiger partial charge in [-0.1, -0.05) is 38.1 Å². The molecule has 1 aliphatic rings. The van der Waals surface area contributed by atoms with Crippen LogP contribution < -0.4 is 14.8 Å². The van der Waals surface area contributed by atoms with Crippen LogP contribution in [0.15, 0.2) is 41.8 Å². The quantitative estimate of drug-likeness (QED) is 0.396. The molecule has 6 nitrogen and oxygen atoms in total. The zero-order valence-electron chi connectivity index (χ0n) is 21.8. The summed E-state index contributed by atoms with van der Waals surface area (Å²) in [5, 5.41) is 4.93. The van der Waals surface area contributed by atoms with Crippen LogP contribution in [-0.4, -0.2) is 57.9 Å². The molecule has 192 valence electrons. The maximum atomic E-state index is 13.1. The van der Waals surface area contributed by atoms with Crippen molar-refractivity contribution in [1.29, 1.82) is 0 Å². The van der Waals surface area contributed by atoms with Gasteiger partial charge in [-0.2, -0.15) is 0 Å². The molecule has 1 amide bonds. The van der Waals surface area contributed by atoms with Crippen molar-refractivity contribution >= 4 is 17.2 Å². The fraction of sp³-hybridized carbons (Fsp3) is 0.414. The van der Waals surface area contributed by atoms with E-state index in [4.69, 9.17) is 14.2 Å². The lowest BCUT2D eigenvalue weighted by Crippen LogP contribution is -2.35. The van der Waals surface area contributed by atoms with Crippen molar-refractivity contribution in [3.05, 3.63) is 58.5 Å². The predicted molar refractivity (Wildman–Crippen MR) is 146 cm³/mol. The lowest BCUT2D eigenvalue weighted by Gasteiger charge is -2.26. The van der Waals surface area contributed by atoms with Gasteiger partial charge in [0.1, 0.15) is 11.5 Å². The lowest BCUT2D eigenvalue weighted by atomic mass is 9.93. The van der Waals surface area contributed by atoms with Gasteiger partial charge in [-0.25, -0.2) is 0 Å². The lowest BCUT2D eigenvalue weighted by molar-refractivity contribution is 0.0342. The fourth-order valence-electron chi connectivity index (χ4n) is 4.61. The van der Waals surface area contributed by atoms with Crippen molar-refractivity contribution in [2.45, 2.75) is 33.2 Å². The minimum absolute atomic E-state index is 0.0658. The molecule has 0 spiro atoms. The molecule has 1 aromatic heterocycles. The first kappa shape index (κ1) is 26.2. The molecule has 7 heteroatoms. The van der Waals surface area contributed by atoms with E-state index in [1.54, 1.807) is 25.6 Å².